The molecule has 1 spiro atoms. The lowest BCUT2D eigenvalue weighted by atomic mass is 9.77. The summed E-state index contributed by atoms with van der Waals surface area (Å²) >= 11 is 0. The molecule has 2 fully saturated rings. The zero-order valence-corrected chi connectivity index (χ0v) is 22.7. The molecule has 12 heteroatoms. The van der Waals surface area contributed by atoms with Crippen molar-refractivity contribution in [3.05, 3.63) is 58.4 Å². The number of nitriles is 1. The first kappa shape index (κ1) is 27.1. The van der Waals surface area contributed by atoms with Gasteiger partial charge in [0.15, 0.2) is 11.6 Å². The average Bonchev–Trinajstić information content (AvgIpc) is 3.33. The normalized spacial score (nSPS) is 18.9. The van der Waals surface area contributed by atoms with E-state index in [9.17, 15) is 22.9 Å². The monoisotopic (exact) mass is 554 g/mol. The van der Waals surface area contributed by atoms with E-state index in [1.54, 1.807) is 23.9 Å². The molecule has 2 aromatic carbocycles. The molecule has 2 N–H and O–H groups in total. The van der Waals surface area contributed by atoms with E-state index in [1.807, 2.05) is 6.07 Å². The van der Waals surface area contributed by atoms with Gasteiger partial charge in [0.1, 0.15) is 17.4 Å². The van der Waals surface area contributed by atoms with Crippen molar-refractivity contribution in [2.45, 2.75) is 45.1 Å². The molecule has 0 radical (unpaired) electrons. The van der Waals surface area contributed by atoms with Crippen molar-refractivity contribution in [3.8, 4) is 17.6 Å². The summed E-state index contributed by atoms with van der Waals surface area (Å²) in [5.41, 5.74) is 0.103. The van der Waals surface area contributed by atoms with Gasteiger partial charge >= 0.3 is 10.2 Å². The van der Waals surface area contributed by atoms with E-state index in [0.717, 1.165) is 55.6 Å². The SMILES string of the molecule is CCN(C)S(=O)(=O)Nc1ccc(F)c(Oc2ccc3ncn(C4CCC5(CCNCC5)C4)c(=O)c3c2)c1C#N. The zero-order chi connectivity index (χ0) is 27.8. The molecule has 1 unspecified atom stereocenters. The van der Waals surface area contributed by atoms with E-state index < -0.39 is 21.8 Å². The molecule has 1 aliphatic heterocycles. The third-order valence-electron chi connectivity index (χ3n) is 8.02. The third kappa shape index (κ3) is 5.22. The molecule has 0 bridgehead atoms. The molecule has 3 aromatic rings. The first-order valence-corrected chi connectivity index (χ1v) is 14.5. The van der Waals surface area contributed by atoms with E-state index in [2.05, 4.69) is 15.0 Å². The van der Waals surface area contributed by atoms with Crippen LogP contribution in [0.4, 0.5) is 10.1 Å². The van der Waals surface area contributed by atoms with Crippen LogP contribution in [0.1, 0.15) is 50.6 Å². The van der Waals surface area contributed by atoms with Crippen LogP contribution in [0.3, 0.4) is 0 Å². The number of hydrogen-bond donors (Lipinski definition) is 2. The summed E-state index contributed by atoms with van der Waals surface area (Å²) in [5.74, 6) is -1.16. The van der Waals surface area contributed by atoms with Gasteiger partial charge in [0.25, 0.3) is 5.56 Å². The molecule has 1 saturated carbocycles. The van der Waals surface area contributed by atoms with Gasteiger partial charge < -0.3 is 10.1 Å². The number of halogens is 1. The fourth-order valence-corrected chi connectivity index (χ4v) is 6.57. The molecule has 0 amide bonds. The third-order valence-corrected chi connectivity index (χ3v) is 9.58. The Balaban J connectivity index is 1.46. The fourth-order valence-electron chi connectivity index (χ4n) is 5.62. The Labute approximate surface area is 226 Å². The molecule has 1 saturated heterocycles. The van der Waals surface area contributed by atoms with E-state index in [-0.39, 0.29) is 40.6 Å². The smallest absolute Gasteiger partial charge is 0.301 e. The van der Waals surface area contributed by atoms with Gasteiger partial charge in [-0.25, -0.2) is 9.37 Å². The van der Waals surface area contributed by atoms with Crippen molar-refractivity contribution in [2.24, 2.45) is 5.41 Å². The van der Waals surface area contributed by atoms with Gasteiger partial charge in [-0.05, 0) is 80.9 Å². The van der Waals surface area contributed by atoms with Gasteiger partial charge in [0.2, 0.25) is 0 Å². The number of hydrogen-bond acceptors (Lipinski definition) is 7. The molecule has 10 nitrogen and oxygen atoms in total. The van der Waals surface area contributed by atoms with Gasteiger partial charge in [-0.2, -0.15) is 18.0 Å². The Hall–Kier alpha value is -3.53. The molecule has 2 aliphatic rings. The van der Waals surface area contributed by atoms with Gasteiger partial charge in [-0.3, -0.25) is 14.1 Å². The predicted octanol–water partition coefficient (Wildman–Crippen LogP) is 3.90. The van der Waals surface area contributed by atoms with Gasteiger partial charge in [0, 0.05) is 19.6 Å². The highest BCUT2D eigenvalue weighted by molar-refractivity contribution is 7.90. The average molecular weight is 555 g/mol. The largest absolute Gasteiger partial charge is 0.453 e. The lowest BCUT2D eigenvalue weighted by Gasteiger charge is -2.34. The van der Waals surface area contributed by atoms with Crippen LogP contribution in [0, 0.1) is 22.6 Å². The minimum atomic E-state index is -3.96. The van der Waals surface area contributed by atoms with Crippen molar-refractivity contribution in [2.75, 3.05) is 31.4 Å². The number of rotatable bonds is 7. The number of ether oxygens (including phenoxy) is 1. The Morgan fingerprint density at radius 2 is 2.05 bits per heavy atom. The number of nitrogens with zero attached hydrogens (tertiary/aromatic N) is 4. The predicted molar refractivity (Wildman–Crippen MR) is 145 cm³/mol. The summed E-state index contributed by atoms with van der Waals surface area (Å²) in [5, 5.41) is 13.5. The molecule has 2 heterocycles. The van der Waals surface area contributed by atoms with Gasteiger partial charge in [-0.1, -0.05) is 6.92 Å². The van der Waals surface area contributed by atoms with Crippen molar-refractivity contribution in [1.82, 2.24) is 19.2 Å². The van der Waals surface area contributed by atoms with Gasteiger partial charge in [0.05, 0.1) is 22.9 Å². The summed E-state index contributed by atoms with van der Waals surface area (Å²) in [6, 6.07) is 8.70. The zero-order valence-electron chi connectivity index (χ0n) is 21.9. The highest BCUT2D eigenvalue weighted by atomic mass is 32.2. The second kappa shape index (κ2) is 10.6. The highest BCUT2D eigenvalue weighted by Gasteiger charge is 2.40. The van der Waals surface area contributed by atoms with Crippen molar-refractivity contribution in [1.29, 1.82) is 5.26 Å². The maximum atomic E-state index is 14.8. The summed E-state index contributed by atoms with van der Waals surface area (Å²) in [7, 11) is -2.58. The molecular weight excluding hydrogens is 523 g/mol. The molecule has 206 valence electrons. The number of benzene rings is 2. The van der Waals surface area contributed by atoms with Crippen LogP contribution in [0.25, 0.3) is 10.9 Å². The van der Waals surface area contributed by atoms with Crippen molar-refractivity contribution < 1.29 is 17.5 Å². The topological polar surface area (TPSA) is 129 Å². The van der Waals surface area contributed by atoms with Crippen LogP contribution >= 0.6 is 0 Å². The highest BCUT2D eigenvalue weighted by Crippen LogP contribution is 2.49. The first-order valence-electron chi connectivity index (χ1n) is 13.0. The minimum absolute atomic E-state index is 0.0608. The second-order valence-electron chi connectivity index (χ2n) is 10.3. The van der Waals surface area contributed by atoms with Crippen LogP contribution < -0.4 is 20.3 Å². The number of anilines is 1. The summed E-state index contributed by atoms with van der Waals surface area (Å²) < 4.78 is 50.7. The Kier molecular flexibility index (Phi) is 7.33. The molecule has 1 aromatic heterocycles. The molecule has 5 rings (SSSR count). The van der Waals surface area contributed by atoms with Crippen LogP contribution in [0.2, 0.25) is 0 Å². The molecule has 1 atom stereocenters. The summed E-state index contributed by atoms with van der Waals surface area (Å²) in [6.07, 6.45) is 6.74. The van der Waals surface area contributed by atoms with E-state index in [0.29, 0.717) is 10.9 Å². The van der Waals surface area contributed by atoms with Crippen LogP contribution in [-0.4, -0.2) is 49.0 Å². The van der Waals surface area contributed by atoms with Gasteiger partial charge in [-0.15, -0.1) is 0 Å². The Morgan fingerprint density at radius 1 is 1.28 bits per heavy atom. The lowest BCUT2D eigenvalue weighted by Crippen LogP contribution is -2.35. The van der Waals surface area contributed by atoms with Crippen molar-refractivity contribution in [3.63, 3.8) is 0 Å². The van der Waals surface area contributed by atoms with E-state index in [4.69, 9.17) is 4.74 Å². The molecule has 1 aliphatic carbocycles. The number of fused-ring (bicyclic) bond motifs is 1. The minimum Gasteiger partial charge on any atom is -0.453 e. The maximum Gasteiger partial charge on any atom is 0.301 e. The Morgan fingerprint density at radius 3 is 2.77 bits per heavy atom. The summed E-state index contributed by atoms with van der Waals surface area (Å²) in [4.78, 5) is 18.0. The van der Waals surface area contributed by atoms with Crippen LogP contribution in [0.5, 0.6) is 11.5 Å². The first-order chi connectivity index (χ1) is 18.7. The maximum absolute atomic E-state index is 14.8. The fraction of sp³-hybridized carbons (Fsp3) is 0.444. The summed E-state index contributed by atoms with van der Waals surface area (Å²) in [6.45, 7) is 3.85. The lowest BCUT2D eigenvalue weighted by molar-refractivity contribution is 0.201. The number of aromatic nitrogens is 2. The Bertz CT molecular complexity index is 1610. The standard InChI is InChI=1S/C27H31FN6O4S/c1-3-33(2)39(36,37)32-24-7-5-22(28)25(21(24)16-29)38-19-4-6-23-20(14-19)26(35)34(17-31-23)18-8-9-27(15-18)10-12-30-13-11-27/h4-7,14,17-18,30,32H,3,8-13,15H2,1-2H3. The van der Waals surface area contributed by atoms with Crippen LogP contribution in [0.15, 0.2) is 41.5 Å². The quantitative estimate of drug-likeness (QED) is 0.453. The van der Waals surface area contributed by atoms with E-state index >= 15 is 0 Å². The number of piperidine rings is 1. The molecule has 39 heavy (non-hydrogen) atoms. The van der Waals surface area contributed by atoms with E-state index in [1.165, 1.54) is 25.2 Å². The second-order valence-corrected chi connectivity index (χ2v) is 12.1. The number of nitrogens with one attached hydrogen (secondary N) is 2. The van der Waals surface area contributed by atoms with Crippen molar-refractivity contribution >= 4 is 26.8 Å². The molecular formula is C27H31FN6O4S. The van der Waals surface area contributed by atoms with Crippen LogP contribution in [-0.2, 0) is 10.2 Å².